The number of benzene rings is 2. The van der Waals surface area contributed by atoms with E-state index in [9.17, 15) is 4.79 Å². The molecule has 0 bridgehead atoms. The molecule has 1 saturated heterocycles. The maximum Gasteiger partial charge on any atom is 0.251 e. The quantitative estimate of drug-likeness (QED) is 0.922. The average molecular weight is 311 g/mol. The molecule has 1 heterocycles. The van der Waals surface area contributed by atoms with Crippen molar-refractivity contribution in [1.29, 1.82) is 0 Å². The van der Waals surface area contributed by atoms with Crippen LogP contribution >= 0.6 is 0 Å². The Kier molecular flexibility index (Phi) is 4.74. The Morgan fingerprint density at radius 3 is 2.48 bits per heavy atom. The van der Waals surface area contributed by atoms with Crippen LogP contribution in [0, 0.1) is 0 Å². The maximum absolute atomic E-state index is 12.3. The van der Waals surface area contributed by atoms with E-state index in [1.807, 2.05) is 61.5 Å². The van der Waals surface area contributed by atoms with Crippen LogP contribution < -0.4 is 5.32 Å². The molecule has 1 aliphatic rings. The van der Waals surface area contributed by atoms with Crippen molar-refractivity contribution in [1.82, 2.24) is 5.32 Å². The molecule has 1 N–H and O–H groups in total. The van der Waals surface area contributed by atoms with Gasteiger partial charge in [0.05, 0.1) is 13.2 Å². The monoisotopic (exact) mass is 311 g/mol. The van der Waals surface area contributed by atoms with E-state index in [1.165, 1.54) is 0 Å². The summed E-state index contributed by atoms with van der Waals surface area (Å²) in [6, 6.07) is 17.7. The van der Waals surface area contributed by atoms with Crippen LogP contribution in [0.2, 0.25) is 0 Å². The van der Waals surface area contributed by atoms with Crippen LogP contribution in [0.1, 0.15) is 23.7 Å². The zero-order valence-corrected chi connectivity index (χ0v) is 13.2. The molecular formula is C19H21NO3. The summed E-state index contributed by atoms with van der Waals surface area (Å²) in [7, 11) is 0. The first-order chi connectivity index (χ1) is 11.2. The summed E-state index contributed by atoms with van der Waals surface area (Å²) >= 11 is 0. The van der Waals surface area contributed by atoms with Gasteiger partial charge in [-0.1, -0.05) is 42.5 Å². The number of rotatable bonds is 5. The zero-order valence-electron chi connectivity index (χ0n) is 13.2. The molecule has 0 aliphatic carbocycles. The Morgan fingerprint density at radius 2 is 1.74 bits per heavy atom. The Balaban J connectivity index is 1.61. The number of carbonyl (C=O) groups is 1. The van der Waals surface area contributed by atoms with Crippen molar-refractivity contribution >= 4 is 5.91 Å². The van der Waals surface area contributed by atoms with Crippen LogP contribution in [-0.2, 0) is 9.47 Å². The lowest BCUT2D eigenvalue weighted by Crippen LogP contribution is -2.33. The van der Waals surface area contributed by atoms with Crippen molar-refractivity contribution in [2.75, 3.05) is 19.8 Å². The highest BCUT2D eigenvalue weighted by Gasteiger charge is 2.30. The summed E-state index contributed by atoms with van der Waals surface area (Å²) in [6.45, 7) is 3.65. The van der Waals surface area contributed by atoms with Crippen molar-refractivity contribution in [2.24, 2.45) is 0 Å². The van der Waals surface area contributed by atoms with Gasteiger partial charge in [-0.2, -0.15) is 0 Å². The standard InChI is InChI=1S/C19H21NO3/c1-19(22-12-13-23-19)10-11-20-18(21)17-9-5-8-16(14-17)15-6-3-2-4-7-15/h2-9,14H,10-13H2,1H3,(H,20,21). The number of ether oxygens (including phenoxy) is 2. The molecule has 1 amide bonds. The average Bonchev–Trinajstić information content (AvgIpc) is 3.02. The fourth-order valence-electron chi connectivity index (χ4n) is 2.68. The van der Waals surface area contributed by atoms with E-state index in [0.717, 1.165) is 11.1 Å². The first kappa shape index (κ1) is 15.7. The molecule has 4 nitrogen and oxygen atoms in total. The number of nitrogens with one attached hydrogen (secondary N) is 1. The number of carbonyl (C=O) groups excluding carboxylic acids is 1. The highest BCUT2D eigenvalue weighted by molar-refractivity contribution is 5.95. The van der Waals surface area contributed by atoms with E-state index in [1.54, 1.807) is 0 Å². The van der Waals surface area contributed by atoms with Crippen LogP contribution in [0.15, 0.2) is 54.6 Å². The lowest BCUT2D eigenvalue weighted by atomic mass is 10.0. The molecule has 1 fully saturated rings. The van der Waals surface area contributed by atoms with Gasteiger partial charge in [-0.3, -0.25) is 4.79 Å². The Bertz CT molecular complexity index is 663. The molecule has 0 spiro atoms. The van der Waals surface area contributed by atoms with Gasteiger partial charge in [0.1, 0.15) is 0 Å². The Labute approximate surface area is 136 Å². The van der Waals surface area contributed by atoms with Gasteiger partial charge >= 0.3 is 0 Å². The molecule has 0 radical (unpaired) electrons. The summed E-state index contributed by atoms with van der Waals surface area (Å²) < 4.78 is 11.1. The van der Waals surface area contributed by atoms with Gasteiger partial charge in [0.25, 0.3) is 5.91 Å². The number of amides is 1. The van der Waals surface area contributed by atoms with E-state index in [-0.39, 0.29) is 5.91 Å². The van der Waals surface area contributed by atoms with E-state index in [0.29, 0.717) is 31.7 Å². The summed E-state index contributed by atoms with van der Waals surface area (Å²) in [4.78, 5) is 12.3. The van der Waals surface area contributed by atoms with Crippen LogP contribution in [0.25, 0.3) is 11.1 Å². The number of hydrogen-bond donors (Lipinski definition) is 1. The van der Waals surface area contributed by atoms with E-state index < -0.39 is 5.79 Å². The first-order valence-corrected chi connectivity index (χ1v) is 7.88. The van der Waals surface area contributed by atoms with Crippen LogP contribution in [0.3, 0.4) is 0 Å². The molecule has 0 aromatic heterocycles. The Morgan fingerprint density at radius 1 is 1.04 bits per heavy atom. The first-order valence-electron chi connectivity index (χ1n) is 7.88. The van der Waals surface area contributed by atoms with Gasteiger partial charge in [-0.15, -0.1) is 0 Å². The molecule has 2 aromatic rings. The van der Waals surface area contributed by atoms with Crippen molar-refractivity contribution in [2.45, 2.75) is 19.1 Å². The smallest absolute Gasteiger partial charge is 0.251 e. The second kappa shape index (κ2) is 6.94. The summed E-state index contributed by atoms with van der Waals surface area (Å²) in [5, 5.41) is 2.93. The van der Waals surface area contributed by atoms with Crippen molar-refractivity contribution in [3.8, 4) is 11.1 Å². The minimum Gasteiger partial charge on any atom is -0.352 e. The third-order valence-electron chi connectivity index (χ3n) is 3.99. The van der Waals surface area contributed by atoms with Gasteiger partial charge in [0.2, 0.25) is 0 Å². The van der Waals surface area contributed by atoms with Crippen LogP contribution in [0.5, 0.6) is 0 Å². The molecule has 4 heteroatoms. The second-order valence-electron chi connectivity index (χ2n) is 5.78. The van der Waals surface area contributed by atoms with Gasteiger partial charge in [0.15, 0.2) is 5.79 Å². The molecule has 0 saturated carbocycles. The molecule has 0 unspecified atom stereocenters. The summed E-state index contributed by atoms with van der Waals surface area (Å²) in [6.07, 6.45) is 0.636. The molecule has 3 rings (SSSR count). The molecule has 1 aliphatic heterocycles. The zero-order chi connectivity index (χ0) is 16.1. The summed E-state index contributed by atoms with van der Waals surface area (Å²) in [5.41, 5.74) is 2.79. The third kappa shape index (κ3) is 3.97. The number of hydrogen-bond acceptors (Lipinski definition) is 3. The van der Waals surface area contributed by atoms with Gasteiger partial charge in [-0.25, -0.2) is 0 Å². The van der Waals surface area contributed by atoms with E-state index >= 15 is 0 Å². The predicted molar refractivity (Wildman–Crippen MR) is 89.1 cm³/mol. The lowest BCUT2D eigenvalue weighted by Gasteiger charge is -2.22. The van der Waals surface area contributed by atoms with E-state index in [4.69, 9.17) is 9.47 Å². The molecule has 120 valence electrons. The van der Waals surface area contributed by atoms with Gasteiger partial charge in [0, 0.05) is 18.5 Å². The van der Waals surface area contributed by atoms with Gasteiger partial charge in [-0.05, 0) is 30.2 Å². The largest absolute Gasteiger partial charge is 0.352 e. The summed E-state index contributed by atoms with van der Waals surface area (Å²) in [5.74, 6) is -0.650. The van der Waals surface area contributed by atoms with Crippen molar-refractivity contribution < 1.29 is 14.3 Å². The fraction of sp³-hybridized carbons (Fsp3) is 0.316. The van der Waals surface area contributed by atoms with Gasteiger partial charge < -0.3 is 14.8 Å². The molecule has 23 heavy (non-hydrogen) atoms. The van der Waals surface area contributed by atoms with Crippen molar-refractivity contribution in [3.05, 3.63) is 60.2 Å². The minimum absolute atomic E-state index is 0.0793. The van der Waals surface area contributed by atoms with Crippen LogP contribution in [-0.4, -0.2) is 31.5 Å². The SMILES string of the molecule is CC1(CCNC(=O)c2cccc(-c3ccccc3)c2)OCCO1. The third-order valence-corrected chi connectivity index (χ3v) is 3.99. The van der Waals surface area contributed by atoms with Crippen molar-refractivity contribution in [3.63, 3.8) is 0 Å². The fourth-order valence-corrected chi connectivity index (χ4v) is 2.68. The topological polar surface area (TPSA) is 47.6 Å². The second-order valence-corrected chi connectivity index (χ2v) is 5.78. The highest BCUT2D eigenvalue weighted by atomic mass is 16.7. The highest BCUT2D eigenvalue weighted by Crippen LogP contribution is 2.22. The lowest BCUT2D eigenvalue weighted by molar-refractivity contribution is -0.145. The van der Waals surface area contributed by atoms with Crippen LogP contribution in [0.4, 0.5) is 0 Å². The molecule has 0 atom stereocenters. The minimum atomic E-state index is -0.570. The predicted octanol–water partition coefficient (Wildman–Crippen LogP) is 3.24. The maximum atomic E-state index is 12.3. The Hall–Kier alpha value is -2.17. The normalized spacial score (nSPS) is 16.2. The van der Waals surface area contributed by atoms with E-state index in [2.05, 4.69) is 5.32 Å². The molecule has 2 aromatic carbocycles. The molecular weight excluding hydrogens is 290 g/mol.